The summed E-state index contributed by atoms with van der Waals surface area (Å²) in [6, 6.07) is 7.57. The number of hydrogen-bond donors (Lipinski definition) is 1. The van der Waals surface area contributed by atoms with E-state index >= 15 is 0 Å². The molecule has 0 fully saturated rings. The summed E-state index contributed by atoms with van der Waals surface area (Å²) in [6.45, 7) is 1.83. The summed E-state index contributed by atoms with van der Waals surface area (Å²) in [5.41, 5.74) is 2.24. The Bertz CT molecular complexity index is 827. The van der Waals surface area contributed by atoms with E-state index in [0.29, 0.717) is 10.8 Å². The second-order valence-electron chi connectivity index (χ2n) is 4.23. The molecule has 6 nitrogen and oxygen atoms in total. The SMILES string of the molecule is Cc1nnc(NC(=O)/C=C/c2cnc3ccccc3n2)s1. The molecule has 3 rings (SSSR count). The third-order valence-electron chi connectivity index (χ3n) is 2.63. The number of hydrogen-bond acceptors (Lipinski definition) is 6. The molecular weight excluding hydrogens is 286 g/mol. The molecule has 0 unspecified atom stereocenters. The van der Waals surface area contributed by atoms with Crippen molar-refractivity contribution in [1.29, 1.82) is 0 Å². The van der Waals surface area contributed by atoms with E-state index in [1.165, 1.54) is 17.4 Å². The number of rotatable bonds is 3. The van der Waals surface area contributed by atoms with Gasteiger partial charge in [-0.2, -0.15) is 0 Å². The number of aryl methyl sites for hydroxylation is 1. The first kappa shape index (κ1) is 13.3. The van der Waals surface area contributed by atoms with Gasteiger partial charge in [0.1, 0.15) is 5.01 Å². The van der Waals surface area contributed by atoms with Gasteiger partial charge in [-0.1, -0.05) is 23.5 Å². The minimum absolute atomic E-state index is 0.277. The van der Waals surface area contributed by atoms with Crippen LogP contribution in [0.25, 0.3) is 17.1 Å². The molecule has 21 heavy (non-hydrogen) atoms. The quantitative estimate of drug-likeness (QED) is 0.751. The number of nitrogens with one attached hydrogen (secondary N) is 1. The molecule has 0 radical (unpaired) electrons. The summed E-state index contributed by atoms with van der Waals surface area (Å²) < 4.78 is 0. The minimum atomic E-state index is -0.277. The molecule has 0 saturated heterocycles. The number of fused-ring (bicyclic) bond motifs is 1. The fraction of sp³-hybridized carbons (Fsp3) is 0.0714. The molecule has 0 aliphatic heterocycles. The normalized spacial score (nSPS) is 11.1. The van der Waals surface area contributed by atoms with E-state index in [2.05, 4.69) is 25.5 Å². The molecule has 1 amide bonds. The second kappa shape index (κ2) is 5.76. The summed E-state index contributed by atoms with van der Waals surface area (Å²) >= 11 is 1.32. The second-order valence-corrected chi connectivity index (χ2v) is 5.41. The molecule has 3 aromatic rings. The Kier molecular flexibility index (Phi) is 3.65. The molecule has 0 aliphatic rings. The third kappa shape index (κ3) is 3.26. The predicted molar refractivity (Wildman–Crippen MR) is 81.8 cm³/mol. The van der Waals surface area contributed by atoms with Gasteiger partial charge in [0.2, 0.25) is 11.0 Å². The Morgan fingerprint density at radius 3 is 2.81 bits per heavy atom. The number of anilines is 1. The van der Waals surface area contributed by atoms with E-state index in [1.54, 1.807) is 12.3 Å². The Morgan fingerprint density at radius 2 is 2.05 bits per heavy atom. The van der Waals surface area contributed by atoms with E-state index in [4.69, 9.17) is 0 Å². The van der Waals surface area contributed by atoms with Crippen LogP contribution in [0, 0.1) is 6.92 Å². The molecule has 0 aliphatic carbocycles. The van der Waals surface area contributed by atoms with Gasteiger partial charge in [0.25, 0.3) is 0 Å². The van der Waals surface area contributed by atoms with Gasteiger partial charge < -0.3 is 0 Å². The van der Waals surface area contributed by atoms with Gasteiger partial charge in [0, 0.05) is 6.08 Å². The number of benzene rings is 1. The molecule has 0 atom stereocenters. The first-order valence-corrected chi connectivity index (χ1v) is 7.03. The van der Waals surface area contributed by atoms with Gasteiger partial charge >= 0.3 is 0 Å². The first-order chi connectivity index (χ1) is 10.2. The fourth-order valence-electron chi connectivity index (χ4n) is 1.71. The monoisotopic (exact) mass is 297 g/mol. The lowest BCUT2D eigenvalue weighted by Crippen LogP contribution is -2.07. The van der Waals surface area contributed by atoms with Gasteiger partial charge in [-0.05, 0) is 25.1 Å². The maximum Gasteiger partial charge on any atom is 0.250 e. The highest BCUT2D eigenvalue weighted by Gasteiger charge is 2.03. The maximum absolute atomic E-state index is 11.8. The van der Waals surface area contributed by atoms with Gasteiger partial charge in [-0.15, -0.1) is 10.2 Å². The molecule has 0 spiro atoms. The molecule has 7 heteroatoms. The van der Waals surface area contributed by atoms with Crippen LogP contribution in [-0.4, -0.2) is 26.1 Å². The fourth-order valence-corrected chi connectivity index (χ4v) is 2.30. The predicted octanol–water partition coefficient (Wildman–Crippen LogP) is 2.44. The van der Waals surface area contributed by atoms with Gasteiger partial charge in [0.15, 0.2) is 0 Å². The van der Waals surface area contributed by atoms with Crippen LogP contribution in [0.5, 0.6) is 0 Å². The number of carbonyl (C=O) groups is 1. The van der Waals surface area contributed by atoms with Crippen LogP contribution < -0.4 is 5.32 Å². The number of para-hydroxylation sites is 2. The van der Waals surface area contributed by atoms with Gasteiger partial charge in [-0.3, -0.25) is 15.1 Å². The summed E-state index contributed by atoms with van der Waals surface area (Å²) in [4.78, 5) is 20.4. The van der Waals surface area contributed by atoms with Crippen molar-refractivity contribution in [1.82, 2.24) is 20.2 Å². The van der Waals surface area contributed by atoms with E-state index in [1.807, 2.05) is 31.2 Å². The number of aromatic nitrogens is 4. The van der Waals surface area contributed by atoms with Crippen LogP contribution in [0.3, 0.4) is 0 Å². The molecule has 104 valence electrons. The lowest BCUT2D eigenvalue weighted by atomic mass is 10.3. The first-order valence-electron chi connectivity index (χ1n) is 6.22. The van der Waals surface area contributed by atoms with Crippen LogP contribution in [-0.2, 0) is 4.79 Å². The number of carbonyl (C=O) groups excluding carboxylic acids is 1. The minimum Gasteiger partial charge on any atom is -0.297 e. The Hall–Kier alpha value is -2.67. The van der Waals surface area contributed by atoms with Crippen molar-refractivity contribution in [2.24, 2.45) is 0 Å². The third-order valence-corrected chi connectivity index (χ3v) is 3.38. The maximum atomic E-state index is 11.8. The zero-order valence-electron chi connectivity index (χ0n) is 11.1. The van der Waals surface area contributed by atoms with Gasteiger partial charge in [-0.25, -0.2) is 4.98 Å². The molecule has 0 saturated carbocycles. The highest BCUT2D eigenvalue weighted by molar-refractivity contribution is 7.15. The summed E-state index contributed by atoms with van der Waals surface area (Å²) in [6.07, 6.45) is 4.64. The van der Waals surface area contributed by atoms with Crippen molar-refractivity contribution in [3.05, 3.63) is 47.2 Å². The van der Waals surface area contributed by atoms with E-state index in [-0.39, 0.29) is 5.91 Å². The van der Waals surface area contributed by atoms with E-state index < -0.39 is 0 Å². The number of amides is 1. The van der Waals surface area contributed by atoms with Crippen molar-refractivity contribution in [3.8, 4) is 0 Å². The highest BCUT2D eigenvalue weighted by atomic mass is 32.1. The zero-order chi connectivity index (χ0) is 14.7. The van der Waals surface area contributed by atoms with E-state index in [9.17, 15) is 4.79 Å². The smallest absolute Gasteiger partial charge is 0.250 e. The van der Waals surface area contributed by atoms with E-state index in [0.717, 1.165) is 16.0 Å². The number of nitrogens with zero attached hydrogens (tertiary/aromatic N) is 4. The van der Waals surface area contributed by atoms with Crippen LogP contribution in [0.4, 0.5) is 5.13 Å². The Labute approximate surface area is 124 Å². The summed E-state index contributed by atoms with van der Waals surface area (Å²) in [7, 11) is 0. The standard InChI is InChI=1S/C14H11N5OS/c1-9-18-19-14(21-9)17-13(20)7-6-10-8-15-11-4-2-3-5-12(11)16-10/h2-8H,1H3,(H,17,19,20)/b7-6+. The van der Waals surface area contributed by atoms with Crippen molar-refractivity contribution < 1.29 is 4.79 Å². The van der Waals surface area contributed by atoms with Crippen molar-refractivity contribution in [3.63, 3.8) is 0 Å². The average molecular weight is 297 g/mol. The zero-order valence-corrected chi connectivity index (χ0v) is 12.0. The molecule has 0 bridgehead atoms. The largest absolute Gasteiger partial charge is 0.297 e. The van der Waals surface area contributed by atoms with Crippen molar-refractivity contribution in [2.75, 3.05) is 5.32 Å². The van der Waals surface area contributed by atoms with Crippen molar-refractivity contribution in [2.45, 2.75) is 6.92 Å². The summed E-state index contributed by atoms with van der Waals surface area (Å²) in [5, 5.41) is 11.6. The average Bonchev–Trinajstić information content (AvgIpc) is 2.90. The summed E-state index contributed by atoms with van der Waals surface area (Å²) in [5.74, 6) is -0.277. The lowest BCUT2D eigenvalue weighted by Gasteiger charge is -1.97. The topological polar surface area (TPSA) is 80.7 Å². The molecule has 2 heterocycles. The van der Waals surface area contributed by atoms with Crippen LogP contribution in [0.1, 0.15) is 10.7 Å². The van der Waals surface area contributed by atoms with Gasteiger partial charge in [0.05, 0.1) is 22.9 Å². The highest BCUT2D eigenvalue weighted by Crippen LogP contribution is 2.13. The van der Waals surface area contributed by atoms with Crippen LogP contribution in [0.15, 0.2) is 36.5 Å². The Morgan fingerprint density at radius 1 is 1.24 bits per heavy atom. The molecular formula is C14H11N5OS. The molecule has 2 aromatic heterocycles. The lowest BCUT2D eigenvalue weighted by molar-refractivity contribution is -0.111. The van der Waals surface area contributed by atoms with Crippen LogP contribution in [0.2, 0.25) is 0 Å². The van der Waals surface area contributed by atoms with Crippen LogP contribution >= 0.6 is 11.3 Å². The van der Waals surface area contributed by atoms with Crippen molar-refractivity contribution >= 4 is 39.5 Å². The molecule has 1 N–H and O–H groups in total. The Balaban J connectivity index is 1.73. The molecule has 1 aromatic carbocycles.